The average Bonchev–Trinajstić information content (AvgIpc) is 1.97. The second-order valence-electron chi connectivity index (χ2n) is 2.27. The quantitative estimate of drug-likeness (QED) is 0.617. The molecule has 0 bridgehead atoms. The van der Waals surface area contributed by atoms with Gasteiger partial charge in [-0.2, -0.15) is 0 Å². The molecule has 0 N–H and O–H groups in total. The Morgan fingerprint density at radius 1 is 1.10 bits per heavy atom. The van der Waals surface area contributed by atoms with Crippen LogP contribution in [0.15, 0.2) is 24.3 Å². The highest BCUT2D eigenvalue weighted by molar-refractivity contribution is 9.09. The molecule has 2 rings (SSSR count). The van der Waals surface area contributed by atoms with Gasteiger partial charge in [0, 0.05) is 5.33 Å². The third-order valence-electron chi connectivity index (χ3n) is 1.41. The molecule has 0 heterocycles. The fraction of sp³-hybridized carbons (Fsp3) is 0.333. The number of halogens is 1. The molecule has 0 amide bonds. The standard InChI is InChI=1S/C6H4.C3H7Br/c1-2-6-4-3-5(1)6;1-2-3-4/h1-4H;2-3H2,1H3. The zero-order chi connectivity index (χ0) is 7.40. The number of rotatable bonds is 1. The topological polar surface area (TPSA) is 0 Å². The van der Waals surface area contributed by atoms with Crippen LogP contribution < -0.4 is 0 Å². The fourth-order valence-electron chi connectivity index (χ4n) is 0.663. The molecule has 54 valence electrons. The van der Waals surface area contributed by atoms with Crippen LogP contribution in [0.5, 0.6) is 0 Å². The summed E-state index contributed by atoms with van der Waals surface area (Å²) in [4.78, 5) is 0. The van der Waals surface area contributed by atoms with E-state index in [0.717, 1.165) is 5.33 Å². The number of benzene rings is 1. The van der Waals surface area contributed by atoms with Crippen molar-refractivity contribution in [3.63, 3.8) is 0 Å². The van der Waals surface area contributed by atoms with Gasteiger partial charge in [0.1, 0.15) is 0 Å². The van der Waals surface area contributed by atoms with Crippen LogP contribution in [0.1, 0.15) is 13.3 Å². The Morgan fingerprint density at radius 2 is 1.40 bits per heavy atom. The van der Waals surface area contributed by atoms with Crippen LogP contribution in [-0.4, -0.2) is 5.33 Å². The van der Waals surface area contributed by atoms with Crippen molar-refractivity contribution in [3.05, 3.63) is 24.3 Å². The van der Waals surface area contributed by atoms with E-state index in [9.17, 15) is 0 Å². The summed E-state index contributed by atoms with van der Waals surface area (Å²) in [5.41, 5.74) is 2.85. The summed E-state index contributed by atoms with van der Waals surface area (Å²) >= 11 is 3.25. The van der Waals surface area contributed by atoms with Crippen molar-refractivity contribution >= 4 is 15.9 Å². The Hall–Kier alpha value is -0.300. The van der Waals surface area contributed by atoms with Crippen molar-refractivity contribution in [2.24, 2.45) is 0 Å². The molecule has 0 spiro atoms. The highest BCUT2D eigenvalue weighted by atomic mass is 79.9. The van der Waals surface area contributed by atoms with E-state index < -0.39 is 0 Å². The molecule has 1 heteroatoms. The molecule has 0 atom stereocenters. The van der Waals surface area contributed by atoms with Crippen molar-refractivity contribution in [2.45, 2.75) is 13.3 Å². The molecule has 0 radical (unpaired) electrons. The lowest BCUT2D eigenvalue weighted by Gasteiger charge is -2.10. The molecule has 0 aromatic heterocycles. The number of alkyl halides is 1. The van der Waals surface area contributed by atoms with Crippen molar-refractivity contribution in [3.8, 4) is 11.1 Å². The van der Waals surface area contributed by atoms with E-state index in [-0.39, 0.29) is 0 Å². The molecule has 0 saturated carbocycles. The molecule has 0 fully saturated rings. The zero-order valence-electron chi connectivity index (χ0n) is 6.10. The molecular weight excluding hydrogens is 188 g/mol. The predicted molar refractivity (Wildman–Crippen MR) is 49.5 cm³/mol. The minimum atomic E-state index is 1.13. The lowest BCUT2D eigenvalue weighted by atomic mass is 9.95. The second-order valence-corrected chi connectivity index (χ2v) is 3.06. The van der Waals surface area contributed by atoms with Gasteiger partial charge in [-0.1, -0.05) is 47.1 Å². The molecule has 0 aromatic rings. The van der Waals surface area contributed by atoms with Crippen LogP contribution in [0.2, 0.25) is 0 Å². The second kappa shape index (κ2) is 3.77. The van der Waals surface area contributed by atoms with Gasteiger partial charge in [0.05, 0.1) is 0 Å². The van der Waals surface area contributed by atoms with E-state index in [4.69, 9.17) is 0 Å². The van der Waals surface area contributed by atoms with Crippen LogP contribution in [0.25, 0.3) is 11.1 Å². The SMILES string of the molecule is CCCBr.c1cc2ccc1-2. The molecule has 0 nitrogen and oxygen atoms in total. The van der Waals surface area contributed by atoms with Crippen molar-refractivity contribution in [1.29, 1.82) is 0 Å². The largest absolute Gasteiger partial charge is 0.0928 e. The van der Waals surface area contributed by atoms with Crippen LogP contribution in [0.4, 0.5) is 0 Å². The molecule has 0 aromatic carbocycles. The lowest BCUT2D eigenvalue weighted by molar-refractivity contribution is 1.12. The van der Waals surface area contributed by atoms with Crippen LogP contribution in [0.3, 0.4) is 0 Å². The van der Waals surface area contributed by atoms with E-state index in [1.165, 1.54) is 17.5 Å². The molecule has 0 saturated heterocycles. The van der Waals surface area contributed by atoms with Crippen molar-refractivity contribution in [1.82, 2.24) is 0 Å². The third-order valence-corrected chi connectivity index (χ3v) is 2.20. The van der Waals surface area contributed by atoms with E-state index in [2.05, 4.69) is 47.1 Å². The Labute approximate surface area is 70.4 Å². The van der Waals surface area contributed by atoms with Crippen LogP contribution >= 0.6 is 15.9 Å². The van der Waals surface area contributed by atoms with Gasteiger partial charge < -0.3 is 0 Å². The Morgan fingerprint density at radius 3 is 1.40 bits per heavy atom. The van der Waals surface area contributed by atoms with E-state index in [1.807, 2.05) is 0 Å². The molecule has 0 aliphatic heterocycles. The number of fused-ring (bicyclic) bond motifs is 1. The fourth-order valence-corrected chi connectivity index (χ4v) is 0.663. The number of hydrogen-bond donors (Lipinski definition) is 0. The van der Waals surface area contributed by atoms with Crippen LogP contribution in [0, 0.1) is 0 Å². The van der Waals surface area contributed by atoms with Crippen molar-refractivity contribution < 1.29 is 0 Å². The predicted octanol–water partition coefficient (Wildman–Crippen LogP) is 3.46. The van der Waals surface area contributed by atoms with Gasteiger partial charge in [-0.05, 0) is 17.5 Å². The van der Waals surface area contributed by atoms with Gasteiger partial charge in [0.25, 0.3) is 0 Å². The monoisotopic (exact) mass is 198 g/mol. The van der Waals surface area contributed by atoms with Gasteiger partial charge >= 0.3 is 0 Å². The van der Waals surface area contributed by atoms with Crippen LogP contribution in [-0.2, 0) is 0 Å². The third kappa shape index (κ3) is 1.60. The maximum atomic E-state index is 3.25. The molecule has 10 heavy (non-hydrogen) atoms. The van der Waals surface area contributed by atoms with Gasteiger partial charge in [-0.25, -0.2) is 0 Å². The first-order chi connectivity index (χ1) is 4.88. The van der Waals surface area contributed by atoms with E-state index in [1.54, 1.807) is 0 Å². The molecule has 2 aliphatic rings. The maximum Gasteiger partial charge on any atom is 0.00286 e. The van der Waals surface area contributed by atoms with E-state index >= 15 is 0 Å². The summed E-state index contributed by atoms with van der Waals surface area (Å²) in [6.07, 6.45) is 1.24. The van der Waals surface area contributed by atoms with Gasteiger partial charge in [0.15, 0.2) is 0 Å². The minimum Gasteiger partial charge on any atom is -0.0928 e. The van der Waals surface area contributed by atoms with Gasteiger partial charge in [0.2, 0.25) is 0 Å². The first-order valence-corrected chi connectivity index (χ1v) is 4.67. The Kier molecular flexibility index (Phi) is 2.94. The normalized spacial score (nSPS) is 9.80. The maximum absolute atomic E-state index is 3.25. The summed E-state index contributed by atoms with van der Waals surface area (Å²) in [5, 5.41) is 1.13. The molecule has 2 aliphatic carbocycles. The first-order valence-electron chi connectivity index (χ1n) is 3.55. The summed E-state index contributed by atoms with van der Waals surface area (Å²) < 4.78 is 0. The molecular formula is C9H11Br. The first kappa shape index (κ1) is 7.80. The molecule has 0 unspecified atom stereocenters. The summed E-state index contributed by atoms with van der Waals surface area (Å²) in [5.74, 6) is 0. The number of hydrogen-bond acceptors (Lipinski definition) is 0. The zero-order valence-corrected chi connectivity index (χ0v) is 7.69. The highest BCUT2D eigenvalue weighted by Crippen LogP contribution is 2.29. The summed E-state index contributed by atoms with van der Waals surface area (Å²) in [6.45, 7) is 2.13. The van der Waals surface area contributed by atoms with Gasteiger partial charge in [-0.15, -0.1) is 0 Å². The Balaban J connectivity index is 0.000000112. The summed E-state index contributed by atoms with van der Waals surface area (Å²) in [7, 11) is 0. The van der Waals surface area contributed by atoms with Gasteiger partial charge in [-0.3, -0.25) is 0 Å². The minimum absolute atomic E-state index is 1.13. The lowest BCUT2D eigenvalue weighted by Crippen LogP contribution is -1.85. The summed E-state index contributed by atoms with van der Waals surface area (Å²) in [6, 6.07) is 8.48. The average molecular weight is 199 g/mol. The highest BCUT2D eigenvalue weighted by Gasteiger charge is 2.03. The van der Waals surface area contributed by atoms with Crippen molar-refractivity contribution in [2.75, 3.05) is 5.33 Å². The smallest absolute Gasteiger partial charge is 0.00286 e. The Bertz CT molecular complexity index is 165. The van der Waals surface area contributed by atoms with E-state index in [0.29, 0.717) is 0 Å².